The fourth-order valence-corrected chi connectivity index (χ4v) is 2.84. The van der Waals surface area contributed by atoms with Gasteiger partial charge in [0.1, 0.15) is 0 Å². The Morgan fingerprint density at radius 1 is 1.53 bits per heavy atom. The summed E-state index contributed by atoms with van der Waals surface area (Å²) in [6, 6.07) is 4.15. The minimum atomic E-state index is 0.397. The van der Waals surface area contributed by atoms with E-state index in [4.69, 9.17) is 4.52 Å². The standard InChI is InChI=1S/C12H15N3OS/c1-3-9(8-13-5-1)12-14-11(15-16-12)7-10-4-2-6-17-10/h2,4,6,9,13H,1,3,5,7-8H2/t9-/m0/s1. The van der Waals surface area contributed by atoms with Crippen molar-refractivity contribution in [3.63, 3.8) is 0 Å². The van der Waals surface area contributed by atoms with Crippen LogP contribution in [0.25, 0.3) is 0 Å². The molecule has 90 valence electrons. The Labute approximate surface area is 104 Å². The van der Waals surface area contributed by atoms with Crippen LogP contribution >= 0.6 is 11.3 Å². The molecule has 0 unspecified atom stereocenters. The number of nitrogens with zero attached hydrogens (tertiary/aromatic N) is 2. The lowest BCUT2D eigenvalue weighted by Crippen LogP contribution is -2.28. The van der Waals surface area contributed by atoms with Gasteiger partial charge in [-0.15, -0.1) is 11.3 Å². The lowest BCUT2D eigenvalue weighted by molar-refractivity contribution is 0.320. The number of nitrogens with one attached hydrogen (secondary N) is 1. The summed E-state index contributed by atoms with van der Waals surface area (Å²) in [7, 11) is 0. The van der Waals surface area contributed by atoms with E-state index in [1.54, 1.807) is 11.3 Å². The van der Waals surface area contributed by atoms with Crippen LogP contribution in [0.2, 0.25) is 0 Å². The van der Waals surface area contributed by atoms with Gasteiger partial charge in [-0.1, -0.05) is 11.2 Å². The number of aromatic nitrogens is 2. The highest BCUT2D eigenvalue weighted by Crippen LogP contribution is 2.22. The minimum absolute atomic E-state index is 0.397. The molecule has 3 heterocycles. The molecule has 5 heteroatoms. The smallest absolute Gasteiger partial charge is 0.231 e. The zero-order valence-electron chi connectivity index (χ0n) is 9.56. The summed E-state index contributed by atoms with van der Waals surface area (Å²) in [6.45, 7) is 2.06. The Bertz CT molecular complexity index is 460. The van der Waals surface area contributed by atoms with Gasteiger partial charge in [0.25, 0.3) is 0 Å². The van der Waals surface area contributed by atoms with Crippen molar-refractivity contribution in [2.24, 2.45) is 0 Å². The minimum Gasteiger partial charge on any atom is -0.339 e. The topological polar surface area (TPSA) is 51.0 Å². The molecule has 1 aliphatic heterocycles. The summed E-state index contributed by atoms with van der Waals surface area (Å²) in [4.78, 5) is 5.77. The quantitative estimate of drug-likeness (QED) is 0.906. The molecule has 1 saturated heterocycles. The van der Waals surface area contributed by atoms with E-state index < -0.39 is 0 Å². The van der Waals surface area contributed by atoms with E-state index in [9.17, 15) is 0 Å². The van der Waals surface area contributed by atoms with Crippen molar-refractivity contribution in [3.8, 4) is 0 Å². The maximum Gasteiger partial charge on any atom is 0.231 e. The fourth-order valence-electron chi connectivity index (χ4n) is 2.14. The predicted octanol–water partition coefficient (Wildman–Crippen LogP) is 2.19. The van der Waals surface area contributed by atoms with E-state index in [-0.39, 0.29) is 0 Å². The molecule has 1 atom stereocenters. The van der Waals surface area contributed by atoms with Gasteiger partial charge in [-0.3, -0.25) is 0 Å². The van der Waals surface area contributed by atoms with Gasteiger partial charge in [0.2, 0.25) is 5.89 Å². The number of hydrogen-bond acceptors (Lipinski definition) is 5. The first-order chi connectivity index (χ1) is 8.42. The molecule has 2 aromatic rings. The van der Waals surface area contributed by atoms with E-state index in [1.807, 2.05) is 6.07 Å². The second-order valence-electron chi connectivity index (χ2n) is 4.35. The molecule has 1 aliphatic rings. The average molecular weight is 249 g/mol. The molecule has 0 spiro atoms. The first kappa shape index (κ1) is 10.9. The van der Waals surface area contributed by atoms with Gasteiger partial charge in [0.15, 0.2) is 5.82 Å². The van der Waals surface area contributed by atoms with Crippen molar-refractivity contribution in [2.45, 2.75) is 25.2 Å². The van der Waals surface area contributed by atoms with Crippen molar-refractivity contribution in [1.29, 1.82) is 0 Å². The molecule has 1 N–H and O–H groups in total. The third kappa shape index (κ3) is 2.56. The van der Waals surface area contributed by atoms with Crippen molar-refractivity contribution in [2.75, 3.05) is 13.1 Å². The van der Waals surface area contributed by atoms with Gasteiger partial charge in [-0.25, -0.2) is 0 Å². The molecular formula is C12H15N3OS. The van der Waals surface area contributed by atoms with Crippen LogP contribution in [0.4, 0.5) is 0 Å². The van der Waals surface area contributed by atoms with Crippen molar-refractivity contribution in [1.82, 2.24) is 15.5 Å². The van der Waals surface area contributed by atoms with Gasteiger partial charge in [-0.2, -0.15) is 4.98 Å². The molecule has 1 fully saturated rings. The number of rotatable bonds is 3. The van der Waals surface area contributed by atoms with Crippen LogP contribution in [0, 0.1) is 0 Å². The Morgan fingerprint density at radius 3 is 3.29 bits per heavy atom. The van der Waals surface area contributed by atoms with Crippen molar-refractivity contribution in [3.05, 3.63) is 34.1 Å². The van der Waals surface area contributed by atoms with Gasteiger partial charge < -0.3 is 9.84 Å². The van der Waals surface area contributed by atoms with E-state index in [1.165, 1.54) is 11.3 Å². The van der Waals surface area contributed by atoms with Crippen molar-refractivity contribution < 1.29 is 4.52 Å². The summed E-state index contributed by atoms with van der Waals surface area (Å²) in [5.74, 6) is 1.99. The summed E-state index contributed by atoms with van der Waals surface area (Å²) >= 11 is 1.73. The summed E-state index contributed by atoms with van der Waals surface area (Å²) in [5, 5.41) is 9.49. The number of hydrogen-bond donors (Lipinski definition) is 1. The van der Waals surface area contributed by atoms with E-state index >= 15 is 0 Å². The molecule has 0 saturated carbocycles. The lowest BCUT2D eigenvalue weighted by atomic mass is 10.00. The van der Waals surface area contributed by atoms with Crippen LogP contribution in [0.3, 0.4) is 0 Å². The first-order valence-corrected chi connectivity index (χ1v) is 6.85. The SMILES string of the molecule is c1csc(Cc2noc([C@H]3CCCNC3)n2)c1. The van der Waals surface area contributed by atoms with Gasteiger partial charge in [0.05, 0.1) is 5.92 Å². The highest BCUT2D eigenvalue weighted by molar-refractivity contribution is 7.09. The second-order valence-corrected chi connectivity index (χ2v) is 5.38. The molecule has 0 bridgehead atoms. The monoisotopic (exact) mass is 249 g/mol. The molecule has 0 aliphatic carbocycles. The third-order valence-corrected chi connectivity index (χ3v) is 3.92. The molecule has 0 radical (unpaired) electrons. The van der Waals surface area contributed by atoms with Crippen LogP contribution in [-0.4, -0.2) is 23.2 Å². The number of piperidine rings is 1. The van der Waals surface area contributed by atoms with Crippen LogP contribution in [-0.2, 0) is 6.42 Å². The predicted molar refractivity (Wildman–Crippen MR) is 66.3 cm³/mol. The second kappa shape index (κ2) is 4.98. The van der Waals surface area contributed by atoms with E-state index in [0.29, 0.717) is 5.92 Å². The molecule has 0 aromatic carbocycles. The third-order valence-electron chi connectivity index (χ3n) is 3.04. The zero-order valence-corrected chi connectivity index (χ0v) is 10.4. The van der Waals surface area contributed by atoms with Crippen LogP contribution in [0.15, 0.2) is 22.0 Å². The average Bonchev–Trinajstić information content (AvgIpc) is 3.02. The van der Waals surface area contributed by atoms with Crippen LogP contribution in [0.1, 0.15) is 35.4 Å². The summed E-state index contributed by atoms with van der Waals surface area (Å²) < 4.78 is 5.36. The Balaban J connectivity index is 1.69. The first-order valence-electron chi connectivity index (χ1n) is 5.97. The highest BCUT2D eigenvalue weighted by atomic mass is 32.1. The van der Waals surface area contributed by atoms with Gasteiger partial charge in [0, 0.05) is 17.8 Å². The van der Waals surface area contributed by atoms with Crippen molar-refractivity contribution >= 4 is 11.3 Å². The van der Waals surface area contributed by atoms with E-state index in [2.05, 4.69) is 26.9 Å². The fraction of sp³-hybridized carbons (Fsp3) is 0.500. The zero-order chi connectivity index (χ0) is 11.5. The maximum absolute atomic E-state index is 5.36. The molecule has 3 rings (SSSR count). The molecule has 0 amide bonds. The molecule has 2 aromatic heterocycles. The summed E-state index contributed by atoms with van der Waals surface area (Å²) in [6.07, 6.45) is 3.11. The maximum atomic E-state index is 5.36. The molecule has 4 nitrogen and oxygen atoms in total. The normalized spacial score (nSPS) is 20.6. The summed E-state index contributed by atoms with van der Waals surface area (Å²) in [5.41, 5.74) is 0. The van der Waals surface area contributed by atoms with E-state index in [0.717, 1.165) is 37.6 Å². The Hall–Kier alpha value is -1.20. The van der Waals surface area contributed by atoms with Gasteiger partial charge in [-0.05, 0) is 30.8 Å². The lowest BCUT2D eigenvalue weighted by Gasteiger charge is -2.18. The van der Waals surface area contributed by atoms with Crippen LogP contribution < -0.4 is 5.32 Å². The Kier molecular flexibility index (Phi) is 3.20. The number of thiophene rings is 1. The van der Waals surface area contributed by atoms with Gasteiger partial charge >= 0.3 is 0 Å². The molecular weight excluding hydrogens is 234 g/mol. The Morgan fingerprint density at radius 2 is 2.53 bits per heavy atom. The van der Waals surface area contributed by atoms with Crippen LogP contribution in [0.5, 0.6) is 0 Å². The molecule has 17 heavy (non-hydrogen) atoms. The highest BCUT2D eigenvalue weighted by Gasteiger charge is 2.21. The largest absolute Gasteiger partial charge is 0.339 e.